The van der Waals surface area contributed by atoms with Gasteiger partial charge in [-0.25, -0.2) is 0 Å². The Morgan fingerprint density at radius 1 is 0.941 bits per heavy atom. The third kappa shape index (κ3) is 2.70. The second-order valence-electron chi connectivity index (χ2n) is 4.47. The van der Waals surface area contributed by atoms with E-state index in [1.54, 1.807) is 0 Å². The van der Waals surface area contributed by atoms with E-state index in [-0.39, 0.29) is 0 Å². The molecular weight excluding hydrogens is 208 g/mol. The summed E-state index contributed by atoms with van der Waals surface area (Å²) in [6, 6.07) is 12.3. The Hall–Kier alpha value is -1.70. The highest BCUT2D eigenvalue weighted by Crippen LogP contribution is 2.18. The monoisotopic (exact) mass is 226 g/mol. The van der Waals surface area contributed by atoms with Crippen LogP contribution in [0.3, 0.4) is 0 Å². The smallest absolute Gasteiger partial charge is 0.0889 e. The Labute approximate surface area is 103 Å². The van der Waals surface area contributed by atoms with Gasteiger partial charge >= 0.3 is 0 Å². The molecule has 0 saturated carbocycles. The summed E-state index contributed by atoms with van der Waals surface area (Å²) in [5.74, 6) is 0.448. The van der Waals surface area contributed by atoms with Crippen molar-refractivity contribution in [2.45, 2.75) is 33.1 Å². The summed E-state index contributed by atoms with van der Waals surface area (Å²) in [5.41, 5.74) is 4.16. The molecule has 0 radical (unpaired) electrons. The van der Waals surface area contributed by atoms with Crippen molar-refractivity contribution < 1.29 is 0 Å². The van der Waals surface area contributed by atoms with Gasteiger partial charge in [0.25, 0.3) is 0 Å². The standard InChI is InChI=1S/C15H18N2/c1-4-12-7-5-9-14(16-12)15-10-6-8-13(17-15)11(2)3/h5-11H,4H2,1-3H3. The Morgan fingerprint density at radius 2 is 1.59 bits per heavy atom. The van der Waals surface area contributed by atoms with Crippen LogP contribution in [0.15, 0.2) is 36.4 Å². The summed E-state index contributed by atoms with van der Waals surface area (Å²) in [6.45, 7) is 6.42. The first-order chi connectivity index (χ1) is 8.20. The van der Waals surface area contributed by atoms with Crippen LogP contribution in [0.4, 0.5) is 0 Å². The van der Waals surface area contributed by atoms with Crippen LogP contribution in [0, 0.1) is 0 Å². The molecule has 17 heavy (non-hydrogen) atoms. The van der Waals surface area contributed by atoms with E-state index in [2.05, 4.69) is 48.9 Å². The molecule has 0 fully saturated rings. The van der Waals surface area contributed by atoms with Crippen molar-refractivity contribution in [3.63, 3.8) is 0 Å². The van der Waals surface area contributed by atoms with Crippen LogP contribution in [0.1, 0.15) is 38.1 Å². The molecule has 0 unspecified atom stereocenters. The molecule has 0 aliphatic heterocycles. The molecule has 2 nitrogen and oxygen atoms in total. The molecule has 0 spiro atoms. The molecule has 0 aromatic carbocycles. The lowest BCUT2D eigenvalue weighted by molar-refractivity contribution is 0.823. The third-order valence-electron chi connectivity index (χ3n) is 2.79. The molecule has 0 aliphatic rings. The van der Waals surface area contributed by atoms with E-state index in [4.69, 9.17) is 0 Å². The number of rotatable bonds is 3. The van der Waals surface area contributed by atoms with Crippen molar-refractivity contribution in [3.05, 3.63) is 47.8 Å². The molecule has 0 aliphatic carbocycles. The molecule has 2 rings (SSSR count). The van der Waals surface area contributed by atoms with Gasteiger partial charge in [0, 0.05) is 11.4 Å². The highest BCUT2D eigenvalue weighted by molar-refractivity contribution is 5.54. The summed E-state index contributed by atoms with van der Waals surface area (Å²) in [7, 11) is 0. The van der Waals surface area contributed by atoms with Crippen LogP contribution in [0.25, 0.3) is 11.4 Å². The van der Waals surface area contributed by atoms with Gasteiger partial charge in [0.1, 0.15) is 0 Å². The third-order valence-corrected chi connectivity index (χ3v) is 2.79. The fourth-order valence-electron chi connectivity index (χ4n) is 1.73. The summed E-state index contributed by atoms with van der Waals surface area (Å²) in [4.78, 5) is 9.25. The van der Waals surface area contributed by atoms with Crippen LogP contribution in [-0.4, -0.2) is 9.97 Å². The van der Waals surface area contributed by atoms with Crippen LogP contribution >= 0.6 is 0 Å². The second-order valence-corrected chi connectivity index (χ2v) is 4.47. The van der Waals surface area contributed by atoms with Crippen LogP contribution in [-0.2, 0) is 6.42 Å². The Balaban J connectivity index is 2.41. The van der Waals surface area contributed by atoms with Crippen LogP contribution in [0.2, 0.25) is 0 Å². The maximum absolute atomic E-state index is 4.66. The number of nitrogens with zero attached hydrogens (tertiary/aromatic N) is 2. The zero-order chi connectivity index (χ0) is 12.3. The summed E-state index contributed by atoms with van der Waals surface area (Å²) in [6.07, 6.45) is 0.956. The molecule has 2 aromatic rings. The minimum absolute atomic E-state index is 0.448. The van der Waals surface area contributed by atoms with Crippen molar-refractivity contribution in [3.8, 4) is 11.4 Å². The lowest BCUT2D eigenvalue weighted by Crippen LogP contribution is -1.96. The summed E-state index contributed by atoms with van der Waals surface area (Å²) in [5, 5.41) is 0. The lowest BCUT2D eigenvalue weighted by Gasteiger charge is -2.07. The molecule has 0 saturated heterocycles. The average Bonchev–Trinajstić information content (AvgIpc) is 2.39. The van der Waals surface area contributed by atoms with Gasteiger partial charge < -0.3 is 0 Å². The van der Waals surface area contributed by atoms with Gasteiger partial charge in [-0.2, -0.15) is 0 Å². The first-order valence-corrected chi connectivity index (χ1v) is 6.14. The quantitative estimate of drug-likeness (QED) is 0.795. The summed E-state index contributed by atoms with van der Waals surface area (Å²) >= 11 is 0. The molecule has 2 heteroatoms. The number of aryl methyl sites for hydroxylation is 1. The molecule has 0 atom stereocenters. The summed E-state index contributed by atoms with van der Waals surface area (Å²) < 4.78 is 0. The van der Waals surface area contributed by atoms with Gasteiger partial charge in [0.2, 0.25) is 0 Å². The fourth-order valence-corrected chi connectivity index (χ4v) is 1.73. The molecule has 2 aromatic heterocycles. The predicted octanol–water partition coefficient (Wildman–Crippen LogP) is 3.83. The van der Waals surface area contributed by atoms with Crippen molar-refractivity contribution in [1.29, 1.82) is 0 Å². The van der Waals surface area contributed by atoms with Crippen LogP contribution in [0.5, 0.6) is 0 Å². The van der Waals surface area contributed by atoms with Crippen molar-refractivity contribution in [2.75, 3.05) is 0 Å². The van der Waals surface area contributed by atoms with Gasteiger partial charge in [0.15, 0.2) is 0 Å². The molecule has 0 N–H and O–H groups in total. The van der Waals surface area contributed by atoms with E-state index in [1.807, 2.05) is 18.2 Å². The van der Waals surface area contributed by atoms with E-state index in [1.165, 1.54) is 0 Å². The molecule has 88 valence electrons. The normalized spacial score (nSPS) is 10.8. The zero-order valence-corrected chi connectivity index (χ0v) is 10.6. The number of hydrogen-bond acceptors (Lipinski definition) is 2. The van der Waals surface area contributed by atoms with E-state index in [9.17, 15) is 0 Å². The maximum atomic E-state index is 4.66. The van der Waals surface area contributed by atoms with Gasteiger partial charge in [0.05, 0.1) is 11.4 Å². The SMILES string of the molecule is CCc1cccc(-c2cccc(C(C)C)n2)n1. The zero-order valence-electron chi connectivity index (χ0n) is 10.6. The Morgan fingerprint density at radius 3 is 2.24 bits per heavy atom. The number of hydrogen-bond donors (Lipinski definition) is 0. The molecular formula is C15H18N2. The lowest BCUT2D eigenvalue weighted by atomic mass is 10.1. The first-order valence-electron chi connectivity index (χ1n) is 6.14. The number of pyridine rings is 2. The van der Waals surface area contributed by atoms with Gasteiger partial charge in [-0.05, 0) is 36.6 Å². The molecule has 0 bridgehead atoms. The minimum Gasteiger partial charge on any atom is -0.251 e. The first kappa shape index (κ1) is 11.8. The van der Waals surface area contributed by atoms with Crippen molar-refractivity contribution in [2.24, 2.45) is 0 Å². The minimum atomic E-state index is 0.448. The second kappa shape index (κ2) is 5.09. The van der Waals surface area contributed by atoms with E-state index < -0.39 is 0 Å². The Bertz CT molecular complexity index is 504. The Kier molecular flexibility index (Phi) is 3.52. The van der Waals surface area contributed by atoms with Crippen molar-refractivity contribution >= 4 is 0 Å². The van der Waals surface area contributed by atoms with Crippen molar-refractivity contribution in [1.82, 2.24) is 9.97 Å². The predicted molar refractivity (Wildman–Crippen MR) is 70.9 cm³/mol. The topological polar surface area (TPSA) is 25.8 Å². The van der Waals surface area contributed by atoms with E-state index in [0.29, 0.717) is 5.92 Å². The highest BCUT2D eigenvalue weighted by Gasteiger charge is 2.05. The number of aromatic nitrogens is 2. The van der Waals surface area contributed by atoms with E-state index in [0.717, 1.165) is 29.2 Å². The average molecular weight is 226 g/mol. The molecule has 0 amide bonds. The van der Waals surface area contributed by atoms with Gasteiger partial charge in [-0.3, -0.25) is 9.97 Å². The highest BCUT2D eigenvalue weighted by atomic mass is 14.8. The van der Waals surface area contributed by atoms with E-state index >= 15 is 0 Å². The largest absolute Gasteiger partial charge is 0.251 e. The van der Waals surface area contributed by atoms with Gasteiger partial charge in [-0.1, -0.05) is 32.9 Å². The molecule has 2 heterocycles. The fraction of sp³-hybridized carbons (Fsp3) is 0.333. The van der Waals surface area contributed by atoms with Crippen LogP contribution < -0.4 is 0 Å². The van der Waals surface area contributed by atoms with Gasteiger partial charge in [-0.15, -0.1) is 0 Å². The maximum Gasteiger partial charge on any atom is 0.0889 e.